The third-order valence-corrected chi connectivity index (χ3v) is 4.30. The number of amides is 2. The summed E-state index contributed by atoms with van der Waals surface area (Å²) in [6.45, 7) is 2.65. The molecule has 1 saturated heterocycles. The van der Waals surface area contributed by atoms with Crippen molar-refractivity contribution in [2.24, 2.45) is 0 Å². The van der Waals surface area contributed by atoms with Crippen molar-refractivity contribution >= 4 is 22.8 Å². The molecule has 25 heavy (non-hydrogen) atoms. The normalized spacial score (nSPS) is 17.1. The van der Waals surface area contributed by atoms with Crippen LogP contribution < -0.4 is 15.0 Å². The van der Waals surface area contributed by atoms with Crippen molar-refractivity contribution in [1.82, 2.24) is 15.3 Å². The number of fused-ring (bicyclic) bond motifs is 1. The van der Waals surface area contributed by atoms with E-state index in [2.05, 4.69) is 15.3 Å². The lowest BCUT2D eigenvalue weighted by molar-refractivity contribution is 0.251. The van der Waals surface area contributed by atoms with Crippen molar-refractivity contribution in [2.75, 3.05) is 18.1 Å². The molecule has 0 saturated carbocycles. The van der Waals surface area contributed by atoms with Gasteiger partial charge in [0.15, 0.2) is 0 Å². The monoisotopic (exact) mass is 340 g/mol. The maximum absolute atomic E-state index is 14.6. The molecular formula is C18H17FN4O2. The molecular weight excluding hydrogens is 323 g/mol. The highest BCUT2D eigenvalue weighted by atomic mass is 19.1. The zero-order chi connectivity index (χ0) is 17.4. The molecule has 1 aromatic heterocycles. The van der Waals surface area contributed by atoms with Crippen molar-refractivity contribution < 1.29 is 13.9 Å². The van der Waals surface area contributed by atoms with E-state index in [0.717, 1.165) is 11.0 Å². The fourth-order valence-corrected chi connectivity index (χ4v) is 3.16. The quantitative estimate of drug-likeness (QED) is 0.765. The number of anilines is 1. The van der Waals surface area contributed by atoms with E-state index in [9.17, 15) is 9.18 Å². The Morgan fingerprint density at radius 1 is 1.32 bits per heavy atom. The van der Waals surface area contributed by atoms with Crippen molar-refractivity contribution in [3.05, 3.63) is 54.1 Å². The third kappa shape index (κ3) is 2.67. The van der Waals surface area contributed by atoms with Crippen molar-refractivity contribution in [2.45, 2.75) is 13.0 Å². The van der Waals surface area contributed by atoms with Gasteiger partial charge in [-0.1, -0.05) is 6.07 Å². The van der Waals surface area contributed by atoms with Crippen LogP contribution in [0.2, 0.25) is 0 Å². The topological polar surface area (TPSA) is 70.2 Å². The maximum Gasteiger partial charge on any atom is 0.322 e. The van der Waals surface area contributed by atoms with E-state index < -0.39 is 6.04 Å². The smallest absolute Gasteiger partial charge is 0.322 e. The molecule has 0 spiro atoms. The highest BCUT2D eigenvalue weighted by Gasteiger charge is 2.35. The van der Waals surface area contributed by atoms with Crippen LogP contribution in [0.1, 0.15) is 18.5 Å². The first-order valence-electron chi connectivity index (χ1n) is 8.10. The molecule has 2 amide bonds. The fourth-order valence-electron chi connectivity index (χ4n) is 3.16. The van der Waals surface area contributed by atoms with Gasteiger partial charge < -0.3 is 15.0 Å². The average Bonchev–Trinajstić information content (AvgIpc) is 3.21. The highest BCUT2D eigenvalue weighted by Crippen LogP contribution is 2.34. The fraction of sp³-hybridized carbons (Fsp3) is 0.222. The number of carbonyl (C=O) groups is 1. The number of benzene rings is 2. The summed E-state index contributed by atoms with van der Waals surface area (Å²) >= 11 is 0. The number of urea groups is 1. The van der Waals surface area contributed by atoms with Gasteiger partial charge in [0.2, 0.25) is 0 Å². The van der Waals surface area contributed by atoms with Gasteiger partial charge in [-0.2, -0.15) is 0 Å². The largest absolute Gasteiger partial charge is 0.494 e. The second kappa shape index (κ2) is 6.08. The van der Waals surface area contributed by atoms with E-state index in [1.807, 2.05) is 25.1 Å². The van der Waals surface area contributed by atoms with Gasteiger partial charge in [-0.15, -0.1) is 0 Å². The summed E-state index contributed by atoms with van der Waals surface area (Å²) in [5.41, 5.74) is 2.77. The molecule has 1 aliphatic heterocycles. The summed E-state index contributed by atoms with van der Waals surface area (Å²) in [5, 5.41) is 2.79. The Morgan fingerprint density at radius 2 is 2.20 bits per heavy atom. The first-order valence-corrected chi connectivity index (χ1v) is 8.10. The predicted octanol–water partition coefficient (Wildman–Crippen LogP) is 3.37. The van der Waals surface area contributed by atoms with E-state index in [1.54, 1.807) is 23.4 Å². The third-order valence-electron chi connectivity index (χ3n) is 4.30. The highest BCUT2D eigenvalue weighted by molar-refractivity contribution is 5.97. The Morgan fingerprint density at radius 3 is 3.00 bits per heavy atom. The zero-order valence-electron chi connectivity index (χ0n) is 13.6. The number of rotatable bonds is 4. The van der Waals surface area contributed by atoms with Gasteiger partial charge in [0.05, 0.1) is 30.0 Å². The van der Waals surface area contributed by atoms with Crippen LogP contribution in [0.5, 0.6) is 5.75 Å². The number of aromatic nitrogens is 2. The van der Waals surface area contributed by atoms with Crippen LogP contribution in [0.15, 0.2) is 42.7 Å². The van der Waals surface area contributed by atoms with Crippen LogP contribution in [0, 0.1) is 5.82 Å². The number of imidazole rings is 1. The first-order chi connectivity index (χ1) is 12.2. The number of H-pyrrole nitrogens is 1. The molecule has 0 radical (unpaired) electrons. The molecule has 7 heteroatoms. The van der Waals surface area contributed by atoms with E-state index in [1.165, 1.54) is 6.07 Å². The van der Waals surface area contributed by atoms with E-state index in [0.29, 0.717) is 30.2 Å². The van der Waals surface area contributed by atoms with E-state index in [4.69, 9.17) is 4.74 Å². The van der Waals surface area contributed by atoms with Gasteiger partial charge in [0.25, 0.3) is 0 Å². The minimum Gasteiger partial charge on any atom is -0.494 e. The van der Waals surface area contributed by atoms with Crippen LogP contribution in [-0.2, 0) is 0 Å². The van der Waals surface area contributed by atoms with Crippen LogP contribution in [-0.4, -0.2) is 29.2 Å². The molecule has 1 unspecified atom stereocenters. The van der Waals surface area contributed by atoms with Gasteiger partial charge in [-0.05, 0) is 31.2 Å². The Hall–Kier alpha value is -3.09. The number of carbonyl (C=O) groups excluding carboxylic acids is 1. The molecule has 2 N–H and O–H groups in total. The van der Waals surface area contributed by atoms with Crippen LogP contribution in [0.3, 0.4) is 0 Å². The zero-order valence-corrected chi connectivity index (χ0v) is 13.6. The number of nitrogens with zero attached hydrogens (tertiary/aromatic N) is 2. The van der Waals surface area contributed by atoms with E-state index in [-0.39, 0.29) is 11.8 Å². The molecule has 1 aliphatic rings. The van der Waals surface area contributed by atoms with Gasteiger partial charge in [-0.3, -0.25) is 4.90 Å². The second-order valence-electron chi connectivity index (χ2n) is 5.79. The van der Waals surface area contributed by atoms with Crippen LogP contribution >= 0.6 is 0 Å². The van der Waals surface area contributed by atoms with Crippen LogP contribution in [0.4, 0.5) is 14.9 Å². The lowest BCUT2D eigenvalue weighted by atomic mass is 10.0. The predicted molar refractivity (Wildman–Crippen MR) is 92.3 cm³/mol. The Labute approximate surface area is 143 Å². The number of aromatic amines is 1. The van der Waals surface area contributed by atoms with Crippen molar-refractivity contribution in [1.29, 1.82) is 0 Å². The molecule has 0 bridgehead atoms. The minimum absolute atomic E-state index is 0.253. The van der Waals surface area contributed by atoms with Gasteiger partial charge in [0.1, 0.15) is 11.6 Å². The molecule has 6 nitrogen and oxygen atoms in total. The Bertz CT molecular complexity index is 940. The van der Waals surface area contributed by atoms with Crippen molar-refractivity contribution in [3.8, 4) is 5.75 Å². The SMILES string of the molecule is CCOc1ccc(C2CNC(=O)N2c2ccc3nc[nH]c3c2)c(F)c1. The van der Waals surface area contributed by atoms with Gasteiger partial charge >= 0.3 is 6.03 Å². The average molecular weight is 340 g/mol. The number of halogens is 1. The number of hydrogen-bond donors (Lipinski definition) is 2. The standard InChI is InChI=1S/C18H17FN4O2/c1-2-25-12-4-5-13(14(19)8-12)17-9-20-18(24)23(17)11-3-6-15-16(7-11)22-10-21-15/h3-8,10,17H,2,9H2,1H3,(H,20,24)(H,21,22). The molecule has 2 heterocycles. The molecule has 1 atom stereocenters. The lowest BCUT2D eigenvalue weighted by Crippen LogP contribution is -2.30. The molecule has 2 aromatic carbocycles. The van der Waals surface area contributed by atoms with Gasteiger partial charge in [0, 0.05) is 23.9 Å². The molecule has 128 valence electrons. The van der Waals surface area contributed by atoms with Gasteiger partial charge in [-0.25, -0.2) is 14.2 Å². The second-order valence-corrected chi connectivity index (χ2v) is 5.79. The Balaban J connectivity index is 1.72. The number of ether oxygens (including phenoxy) is 1. The summed E-state index contributed by atoms with van der Waals surface area (Å²) in [5.74, 6) is 0.0894. The lowest BCUT2D eigenvalue weighted by Gasteiger charge is -2.24. The maximum atomic E-state index is 14.6. The number of hydrogen-bond acceptors (Lipinski definition) is 3. The first kappa shape index (κ1) is 15.4. The molecule has 0 aliphatic carbocycles. The van der Waals surface area contributed by atoms with Crippen LogP contribution in [0.25, 0.3) is 11.0 Å². The molecule has 1 fully saturated rings. The minimum atomic E-state index is -0.427. The Kier molecular flexibility index (Phi) is 3.76. The summed E-state index contributed by atoms with van der Waals surface area (Å²) in [6, 6.07) is 9.56. The summed E-state index contributed by atoms with van der Waals surface area (Å²) in [6.07, 6.45) is 1.60. The molecule has 4 rings (SSSR count). The summed E-state index contributed by atoms with van der Waals surface area (Å²) in [4.78, 5) is 21.1. The van der Waals surface area contributed by atoms with Crippen molar-refractivity contribution in [3.63, 3.8) is 0 Å². The summed E-state index contributed by atoms with van der Waals surface area (Å²) < 4.78 is 19.9. The van der Waals surface area contributed by atoms with E-state index >= 15 is 0 Å². The summed E-state index contributed by atoms with van der Waals surface area (Å²) in [7, 11) is 0. The molecule has 3 aromatic rings. The number of nitrogens with one attached hydrogen (secondary N) is 2.